The normalized spacial score (nSPS) is 15.4. The first-order valence-corrected chi connectivity index (χ1v) is 14.8. The number of carbonyl (C=O) groups is 4. The van der Waals surface area contributed by atoms with Crippen LogP contribution in [-0.4, -0.2) is 59.0 Å². The molecule has 1 aliphatic rings. The molecule has 0 saturated heterocycles. The summed E-state index contributed by atoms with van der Waals surface area (Å²) in [4.78, 5) is 54.3. The molecule has 1 aliphatic heterocycles. The van der Waals surface area contributed by atoms with Crippen molar-refractivity contribution in [3.05, 3.63) is 103 Å². The van der Waals surface area contributed by atoms with Gasteiger partial charge >= 0.3 is 5.97 Å². The number of aliphatic hydroxyl groups is 1. The number of fused-ring (bicyclic) bond motifs is 2. The van der Waals surface area contributed by atoms with Gasteiger partial charge in [-0.15, -0.1) is 13.2 Å². The lowest BCUT2D eigenvalue weighted by atomic mass is 9.92. The third kappa shape index (κ3) is 8.41. The summed E-state index contributed by atoms with van der Waals surface area (Å²) in [5.74, 6) is -2.75. The molecule has 0 bridgehead atoms. The molecule has 1 heterocycles. The average Bonchev–Trinajstić information content (AvgIpc) is 3.04. The highest BCUT2D eigenvalue weighted by Gasteiger charge is 2.33. The number of amides is 3. The first-order chi connectivity index (χ1) is 21.3. The fourth-order valence-electron chi connectivity index (χ4n) is 5.29. The van der Waals surface area contributed by atoms with Crippen LogP contribution < -0.4 is 10.6 Å². The standard InChI is InChI=1S/C35H39N3O6/c1-3-5-15-33(41)44-23-31(35(43)36-29-17-16-24-11-6-7-12-25(24)18-29)37-34(42)27(10-4-2)20-32(40)38-21-28-14-9-8-13-26(28)19-30(38)22-39/h3-4,6-9,11-14,16-18,27,30-31,39H,1-2,5,10,15,19-23H2,(H,36,43)(H,37,42). The lowest BCUT2D eigenvalue weighted by molar-refractivity contribution is -0.146. The number of anilines is 1. The van der Waals surface area contributed by atoms with Crippen LogP contribution in [0, 0.1) is 5.92 Å². The lowest BCUT2D eigenvalue weighted by Crippen LogP contribution is -2.50. The van der Waals surface area contributed by atoms with E-state index in [1.165, 1.54) is 0 Å². The number of benzene rings is 3. The van der Waals surface area contributed by atoms with Gasteiger partial charge in [0, 0.05) is 25.1 Å². The first kappa shape index (κ1) is 32.2. The third-order valence-corrected chi connectivity index (χ3v) is 7.74. The van der Waals surface area contributed by atoms with Gasteiger partial charge in [0.25, 0.3) is 5.91 Å². The summed E-state index contributed by atoms with van der Waals surface area (Å²) in [7, 11) is 0. The molecule has 3 aromatic rings. The monoisotopic (exact) mass is 597 g/mol. The van der Waals surface area contributed by atoms with E-state index in [9.17, 15) is 24.3 Å². The molecule has 0 aliphatic carbocycles. The molecule has 9 heteroatoms. The molecule has 0 radical (unpaired) electrons. The van der Waals surface area contributed by atoms with Crippen LogP contribution in [0.4, 0.5) is 5.69 Å². The maximum Gasteiger partial charge on any atom is 0.306 e. The van der Waals surface area contributed by atoms with Gasteiger partial charge in [0.05, 0.1) is 18.6 Å². The number of hydrogen-bond acceptors (Lipinski definition) is 6. The van der Waals surface area contributed by atoms with Gasteiger partial charge in [0.2, 0.25) is 11.8 Å². The van der Waals surface area contributed by atoms with Gasteiger partial charge < -0.3 is 25.4 Å². The van der Waals surface area contributed by atoms with Crippen molar-refractivity contribution in [1.29, 1.82) is 0 Å². The minimum absolute atomic E-state index is 0.0923. The van der Waals surface area contributed by atoms with E-state index in [1.54, 1.807) is 23.1 Å². The lowest BCUT2D eigenvalue weighted by Gasteiger charge is -2.36. The molecule has 3 aromatic carbocycles. The molecule has 0 fully saturated rings. The summed E-state index contributed by atoms with van der Waals surface area (Å²) in [6.07, 6.45) is 4.20. The minimum Gasteiger partial charge on any atom is -0.463 e. The molecule has 4 rings (SSSR count). The molecule has 9 nitrogen and oxygen atoms in total. The molecule has 3 N–H and O–H groups in total. The molecule has 0 spiro atoms. The molecule has 3 atom stereocenters. The maximum absolute atomic E-state index is 13.5. The smallest absolute Gasteiger partial charge is 0.306 e. The molecular weight excluding hydrogens is 558 g/mol. The van der Waals surface area contributed by atoms with Crippen molar-refractivity contribution >= 4 is 40.2 Å². The Morgan fingerprint density at radius 1 is 0.955 bits per heavy atom. The predicted octanol–water partition coefficient (Wildman–Crippen LogP) is 4.30. The summed E-state index contributed by atoms with van der Waals surface area (Å²) in [6, 6.07) is 19.3. The van der Waals surface area contributed by atoms with Crippen LogP contribution in [0.25, 0.3) is 10.8 Å². The third-order valence-electron chi connectivity index (χ3n) is 7.74. The number of nitrogens with zero attached hydrogens (tertiary/aromatic N) is 1. The van der Waals surface area contributed by atoms with Crippen molar-refractivity contribution < 1.29 is 29.0 Å². The van der Waals surface area contributed by atoms with Gasteiger partial charge in [-0.3, -0.25) is 19.2 Å². The number of hydrogen-bond donors (Lipinski definition) is 3. The van der Waals surface area contributed by atoms with Crippen molar-refractivity contribution in [2.24, 2.45) is 5.92 Å². The number of allylic oxidation sites excluding steroid dienone is 2. The highest BCUT2D eigenvalue weighted by molar-refractivity contribution is 5.99. The number of esters is 1. The van der Waals surface area contributed by atoms with Crippen LogP contribution in [0.15, 0.2) is 92.0 Å². The zero-order valence-corrected chi connectivity index (χ0v) is 24.7. The number of rotatable bonds is 14. The van der Waals surface area contributed by atoms with Crippen molar-refractivity contribution in [3.8, 4) is 0 Å². The van der Waals surface area contributed by atoms with Crippen LogP contribution >= 0.6 is 0 Å². The number of aliphatic hydroxyl groups excluding tert-OH is 1. The van der Waals surface area contributed by atoms with E-state index in [0.29, 0.717) is 25.1 Å². The van der Waals surface area contributed by atoms with Crippen molar-refractivity contribution in [2.75, 3.05) is 18.5 Å². The van der Waals surface area contributed by atoms with Crippen LogP contribution in [0.5, 0.6) is 0 Å². The van der Waals surface area contributed by atoms with Gasteiger partial charge in [0.15, 0.2) is 0 Å². The number of carbonyl (C=O) groups excluding carboxylic acids is 4. The predicted molar refractivity (Wildman–Crippen MR) is 169 cm³/mol. The average molecular weight is 598 g/mol. The van der Waals surface area contributed by atoms with Crippen LogP contribution in [0.3, 0.4) is 0 Å². The highest BCUT2D eigenvalue weighted by Crippen LogP contribution is 2.25. The Morgan fingerprint density at radius 2 is 1.68 bits per heavy atom. The number of nitrogens with one attached hydrogen (secondary N) is 2. The summed E-state index contributed by atoms with van der Waals surface area (Å²) in [5.41, 5.74) is 2.60. The quantitative estimate of drug-likeness (QED) is 0.188. The topological polar surface area (TPSA) is 125 Å². The van der Waals surface area contributed by atoms with Crippen LogP contribution in [-0.2, 0) is 36.9 Å². The highest BCUT2D eigenvalue weighted by atomic mass is 16.5. The minimum atomic E-state index is -1.21. The van der Waals surface area contributed by atoms with Gasteiger partial charge in [-0.2, -0.15) is 0 Å². The van der Waals surface area contributed by atoms with Gasteiger partial charge in [-0.05, 0) is 53.3 Å². The van der Waals surface area contributed by atoms with Crippen molar-refractivity contribution in [2.45, 2.75) is 50.7 Å². The Morgan fingerprint density at radius 3 is 2.41 bits per heavy atom. The molecule has 0 saturated carbocycles. The van der Waals surface area contributed by atoms with E-state index < -0.39 is 35.8 Å². The second-order valence-corrected chi connectivity index (χ2v) is 10.9. The summed E-state index contributed by atoms with van der Waals surface area (Å²) >= 11 is 0. The molecule has 0 aromatic heterocycles. The zero-order valence-electron chi connectivity index (χ0n) is 24.7. The van der Waals surface area contributed by atoms with E-state index in [1.807, 2.05) is 60.7 Å². The molecule has 3 amide bonds. The zero-order chi connectivity index (χ0) is 31.5. The summed E-state index contributed by atoms with van der Waals surface area (Å²) in [6.45, 7) is 7.09. The molecular formula is C35H39N3O6. The molecule has 44 heavy (non-hydrogen) atoms. The van der Waals surface area contributed by atoms with E-state index in [-0.39, 0.29) is 38.4 Å². The second kappa shape index (κ2) is 15.6. The van der Waals surface area contributed by atoms with E-state index >= 15 is 0 Å². The summed E-state index contributed by atoms with van der Waals surface area (Å²) < 4.78 is 5.33. The van der Waals surface area contributed by atoms with Gasteiger partial charge in [-0.1, -0.05) is 66.7 Å². The Labute approximate surface area is 257 Å². The fourth-order valence-corrected chi connectivity index (χ4v) is 5.29. The summed E-state index contributed by atoms with van der Waals surface area (Å²) in [5, 5.41) is 17.5. The Bertz CT molecular complexity index is 1520. The van der Waals surface area contributed by atoms with Crippen LogP contribution in [0.1, 0.15) is 36.8 Å². The van der Waals surface area contributed by atoms with Crippen molar-refractivity contribution in [1.82, 2.24) is 10.2 Å². The SMILES string of the molecule is C=CCCC(=O)OCC(NC(=O)C(CC=C)CC(=O)N1Cc2ccccc2CC1CO)C(=O)Nc1ccc2ccccc2c1. The Kier molecular flexibility index (Phi) is 11.4. The van der Waals surface area contributed by atoms with Crippen molar-refractivity contribution in [3.63, 3.8) is 0 Å². The first-order valence-electron chi connectivity index (χ1n) is 14.8. The van der Waals surface area contributed by atoms with E-state index in [0.717, 1.165) is 21.9 Å². The van der Waals surface area contributed by atoms with E-state index in [2.05, 4.69) is 23.8 Å². The number of ether oxygens (including phenoxy) is 1. The fraction of sp³-hybridized carbons (Fsp3) is 0.314. The van der Waals surface area contributed by atoms with Gasteiger partial charge in [-0.25, -0.2) is 0 Å². The maximum atomic E-state index is 13.5. The molecule has 3 unspecified atom stereocenters. The Balaban J connectivity index is 1.48. The Hall–Kier alpha value is -4.76. The van der Waals surface area contributed by atoms with Gasteiger partial charge in [0.1, 0.15) is 12.6 Å². The molecule has 230 valence electrons. The van der Waals surface area contributed by atoms with Crippen LogP contribution in [0.2, 0.25) is 0 Å². The second-order valence-electron chi connectivity index (χ2n) is 10.9. The largest absolute Gasteiger partial charge is 0.463 e. The van der Waals surface area contributed by atoms with E-state index in [4.69, 9.17) is 4.74 Å².